The van der Waals surface area contributed by atoms with Crippen molar-refractivity contribution in [3.8, 4) is 6.07 Å². The molecule has 0 saturated heterocycles. The number of hydrogen-bond acceptors (Lipinski definition) is 2. The van der Waals surface area contributed by atoms with Crippen molar-refractivity contribution in [1.82, 2.24) is 9.97 Å². The number of fused-ring (bicyclic) bond motifs is 3. The molecule has 18 heavy (non-hydrogen) atoms. The largest absolute Gasteiger partial charge is 0.342 e. The SMILES string of the molecule is N#Cc1cccc2[nH]c(C3CC4CCC3C4)nc12. The van der Waals surface area contributed by atoms with Gasteiger partial charge in [0.15, 0.2) is 0 Å². The zero-order valence-electron chi connectivity index (χ0n) is 10.2. The third kappa shape index (κ3) is 1.32. The fourth-order valence-electron chi connectivity index (χ4n) is 3.90. The lowest BCUT2D eigenvalue weighted by atomic mass is 9.88. The minimum atomic E-state index is 0.600. The van der Waals surface area contributed by atoms with Crippen molar-refractivity contribution in [3.63, 3.8) is 0 Å². The maximum Gasteiger partial charge on any atom is 0.110 e. The van der Waals surface area contributed by atoms with Crippen LogP contribution in [-0.4, -0.2) is 9.97 Å². The lowest BCUT2D eigenvalue weighted by Crippen LogP contribution is -2.09. The molecule has 2 fully saturated rings. The highest BCUT2D eigenvalue weighted by atomic mass is 14.9. The van der Waals surface area contributed by atoms with Gasteiger partial charge in [-0.05, 0) is 43.2 Å². The molecule has 3 nitrogen and oxygen atoms in total. The van der Waals surface area contributed by atoms with Crippen LogP contribution in [0.25, 0.3) is 11.0 Å². The second-order valence-corrected chi connectivity index (χ2v) is 5.72. The molecule has 1 aromatic heterocycles. The van der Waals surface area contributed by atoms with E-state index in [4.69, 9.17) is 10.2 Å². The van der Waals surface area contributed by atoms with Gasteiger partial charge < -0.3 is 4.98 Å². The van der Waals surface area contributed by atoms with Crippen molar-refractivity contribution in [2.75, 3.05) is 0 Å². The Balaban J connectivity index is 1.80. The second-order valence-electron chi connectivity index (χ2n) is 5.72. The molecule has 2 bridgehead atoms. The Hall–Kier alpha value is -1.82. The average molecular weight is 237 g/mol. The summed E-state index contributed by atoms with van der Waals surface area (Å²) in [7, 11) is 0. The normalized spacial score (nSPS) is 29.8. The third-order valence-corrected chi connectivity index (χ3v) is 4.74. The summed E-state index contributed by atoms with van der Waals surface area (Å²) in [5.74, 6) is 3.45. The van der Waals surface area contributed by atoms with Crippen molar-refractivity contribution in [2.24, 2.45) is 11.8 Å². The molecular formula is C15H15N3. The second kappa shape index (κ2) is 3.58. The highest BCUT2D eigenvalue weighted by Gasteiger charge is 2.41. The number of H-pyrrole nitrogens is 1. The van der Waals surface area contributed by atoms with Gasteiger partial charge in [-0.1, -0.05) is 12.5 Å². The molecule has 2 aliphatic rings. The molecule has 4 rings (SSSR count). The summed E-state index contributed by atoms with van der Waals surface area (Å²) in [4.78, 5) is 8.14. The number of benzene rings is 1. The van der Waals surface area contributed by atoms with E-state index in [9.17, 15) is 0 Å². The standard InChI is InChI=1S/C15H15N3/c16-8-11-2-1-3-13-14(11)18-15(17-13)12-7-9-4-5-10(12)6-9/h1-3,9-10,12H,4-7H2,(H,17,18). The first-order valence-electron chi connectivity index (χ1n) is 6.74. The highest BCUT2D eigenvalue weighted by Crippen LogP contribution is 2.52. The fraction of sp³-hybridized carbons (Fsp3) is 0.467. The van der Waals surface area contributed by atoms with E-state index in [0.717, 1.165) is 28.7 Å². The van der Waals surface area contributed by atoms with E-state index >= 15 is 0 Å². The molecule has 0 spiro atoms. The number of rotatable bonds is 1. The van der Waals surface area contributed by atoms with E-state index in [-0.39, 0.29) is 0 Å². The molecule has 90 valence electrons. The average Bonchev–Trinajstić information content (AvgIpc) is 3.11. The molecule has 2 aliphatic carbocycles. The van der Waals surface area contributed by atoms with Gasteiger partial charge in [0.25, 0.3) is 0 Å². The summed E-state index contributed by atoms with van der Waals surface area (Å²) in [6.45, 7) is 0. The van der Waals surface area contributed by atoms with Gasteiger partial charge in [-0.3, -0.25) is 0 Å². The van der Waals surface area contributed by atoms with Gasteiger partial charge in [0, 0.05) is 5.92 Å². The Morgan fingerprint density at radius 3 is 2.94 bits per heavy atom. The zero-order chi connectivity index (χ0) is 12.1. The Labute approximate surface area is 106 Å². The molecule has 1 aromatic carbocycles. The fourth-order valence-corrected chi connectivity index (χ4v) is 3.90. The smallest absolute Gasteiger partial charge is 0.110 e. The number of aromatic amines is 1. The summed E-state index contributed by atoms with van der Waals surface area (Å²) < 4.78 is 0. The quantitative estimate of drug-likeness (QED) is 0.827. The predicted molar refractivity (Wildman–Crippen MR) is 69.0 cm³/mol. The molecular weight excluding hydrogens is 222 g/mol. The maximum atomic E-state index is 9.11. The van der Waals surface area contributed by atoms with Gasteiger partial charge in [0.05, 0.1) is 11.1 Å². The van der Waals surface area contributed by atoms with Gasteiger partial charge in [0.1, 0.15) is 17.4 Å². The summed E-state index contributed by atoms with van der Waals surface area (Å²) in [5, 5.41) is 9.11. The Kier molecular flexibility index (Phi) is 2.02. The summed E-state index contributed by atoms with van der Waals surface area (Å²) in [6, 6.07) is 8.00. The monoisotopic (exact) mass is 237 g/mol. The molecule has 3 heteroatoms. The van der Waals surface area contributed by atoms with Crippen LogP contribution in [0.15, 0.2) is 18.2 Å². The van der Waals surface area contributed by atoms with Crippen molar-refractivity contribution < 1.29 is 0 Å². The van der Waals surface area contributed by atoms with Crippen LogP contribution in [0, 0.1) is 23.2 Å². The van der Waals surface area contributed by atoms with E-state index in [1.807, 2.05) is 18.2 Å². The van der Waals surface area contributed by atoms with Crippen LogP contribution in [0.5, 0.6) is 0 Å². The maximum absolute atomic E-state index is 9.11. The lowest BCUT2D eigenvalue weighted by molar-refractivity contribution is 0.408. The molecule has 0 aliphatic heterocycles. The number of nitriles is 1. The van der Waals surface area contributed by atoms with Gasteiger partial charge in [0.2, 0.25) is 0 Å². The summed E-state index contributed by atoms with van der Waals surface area (Å²) in [6.07, 6.45) is 5.43. The van der Waals surface area contributed by atoms with Gasteiger partial charge in [-0.15, -0.1) is 0 Å². The van der Waals surface area contributed by atoms with E-state index in [0.29, 0.717) is 11.5 Å². The number of aromatic nitrogens is 2. The number of imidazole rings is 1. The van der Waals surface area contributed by atoms with Crippen LogP contribution in [-0.2, 0) is 0 Å². The first-order chi connectivity index (χ1) is 8.85. The van der Waals surface area contributed by atoms with Crippen molar-refractivity contribution >= 4 is 11.0 Å². The summed E-state index contributed by atoms with van der Waals surface area (Å²) in [5.41, 5.74) is 2.53. The molecule has 1 heterocycles. The molecule has 0 radical (unpaired) electrons. The van der Waals surface area contributed by atoms with Crippen LogP contribution in [0.1, 0.15) is 43.0 Å². The van der Waals surface area contributed by atoms with E-state index in [2.05, 4.69) is 11.1 Å². The molecule has 3 unspecified atom stereocenters. The van der Waals surface area contributed by atoms with Crippen molar-refractivity contribution in [3.05, 3.63) is 29.6 Å². The van der Waals surface area contributed by atoms with Crippen LogP contribution >= 0.6 is 0 Å². The van der Waals surface area contributed by atoms with Crippen LogP contribution < -0.4 is 0 Å². The van der Waals surface area contributed by atoms with Crippen molar-refractivity contribution in [2.45, 2.75) is 31.6 Å². The molecule has 1 N–H and O–H groups in total. The molecule has 2 saturated carbocycles. The van der Waals surface area contributed by atoms with Crippen LogP contribution in [0.4, 0.5) is 0 Å². The van der Waals surface area contributed by atoms with Crippen LogP contribution in [0.2, 0.25) is 0 Å². The first-order valence-corrected chi connectivity index (χ1v) is 6.74. The summed E-state index contributed by atoms with van der Waals surface area (Å²) >= 11 is 0. The number of para-hydroxylation sites is 1. The number of hydrogen-bond donors (Lipinski definition) is 1. The predicted octanol–water partition coefficient (Wildman–Crippen LogP) is 3.34. The lowest BCUT2D eigenvalue weighted by Gasteiger charge is -2.18. The van der Waals surface area contributed by atoms with E-state index in [1.54, 1.807) is 0 Å². The highest BCUT2D eigenvalue weighted by molar-refractivity contribution is 5.81. The Bertz CT molecular complexity index is 649. The minimum absolute atomic E-state index is 0.600. The molecule has 3 atom stereocenters. The Morgan fingerprint density at radius 1 is 1.28 bits per heavy atom. The number of nitrogens with one attached hydrogen (secondary N) is 1. The first kappa shape index (κ1) is 10.1. The van der Waals surface area contributed by atoms with Gasteiger partial charge >= 0.3 is 0 Å². The molecule has 2 aromatic rings. The number of nitrogens with zero attached hydrogens (tertiary/aromatic N) is 2. The topological polar surface area (TPSA) is 52.5 Å². The van der Waals surface area contributed by atoms with Gasteiger partial charge in [-0.2, -0.15) is 5.26 Å². The zero-order valence-corrected chi connectivity index (χ0v) is 10.2. The third-order valence-electron chi connectivity index (χ3n) is 4.74. The van der Waals surface area contributed by atoms with E-state index in [1.165, 1.54) is 25.7 Å². The van der Waals surface area contributed by atoms with Gasteiger partial charge in [-0.25, -0.2) is 4.98 Å². The Morgan fingerprint density at radius 2 is 2.22 bits per heavy atom. The van der Waals surface area contributed by atoms with Crippen LogP contribution in [0.3, 0.4) is 0 Å². The molecule has 0 amide bonds. The van der Waals surface area contributed by atoms with Crippen molar-refractivity contribution in [1.29, 1.82) is 5.26 Å². The van der Waals surface area contributed by atoms with E-state index < -0.39 is 0 Å². The minimum Gasteiger partial charge on any atom is -0.342 e.